The predicted octanol–water partition coefficient (Wildman–Crippen LogP) is -1.53. The van der Waals surface area contributed by atoms with E-state index in [9.17, 15) is 9.59 Å². The number of nitrogens with one attached hydrogen (secondary N) is 1. The molecular weight excluding hydrogens is 266 g/mol. The third kappa shape index (κ3) is 2.96. The third-order valence-corrected chi connectivity index (χ3v) is 2.18. The Bertz CT molecular complexity index is 495. The van der Waals surface area contributed by atoms with Gasteiger partial charge in [-0.15, -0.1) is 0 Å². The number of aromatic nitrogens is 2. The SMILES string of the molecule is Nc1nc(N)c(C(=O)NC(CO)C(=O)O)nc1Cl. The van der Waals surface area contributed by atoms with E-state index in [2.05, 4.69) is 9.97 Å². The molecule has 1 aromatic rings. The molecule has 1 heterocycles. The van der Waals surface area contributed by atoms with E-state index in [1.165, 1.54) is 0 Å². The van der Waals surface area contributed by atoms with Gasteiger partial charge in [0.2, 0.25) is 0 Å². The molecule has 1 atom stereocenters. The van der Waals surface area contributed by atoms with Crippen molar-refractivity contribution in [3.05, 3.63) is 10.8 Å². The molecule has 1 unspecified atom stereocenters. The minimum Gasteiger partial charge on any atom is -0.480 e. The lowest BCUT2D eigenvalue weighted by Crippen LogP contribution is -2.43. The molecule has 1 amide bonds. The van der Waals surface area contributed by atoms with Crippen LogP contribution in [0.3, 0.4) is 0 Å². The number of hydrogen-bond donors (Lipinski definition) is 5. The quantitative estimate of drug-likeness (QED) is 0.441. The number of aliphatic carboxylic acids is 1. The molecule has 9 nitrogen and oxygen atoms in total. The number of nitrogens with two attached hydrogens (primary N) is 2. The number of amides is 1. The van der Waals surface area contributed by atoms with E-state index in [0.29, 0.717) is 0 Å². The zero-order chi connectivity index (χ0) is 13.9. The first-order chi connectivity index (χ1) is 8.36. The molecule has 0 aliphatic rings. The standard InChI is InChI=1S/C8H10ClN5O4/c9-4-6(11)14-5(10)3(13-4)7(16)12-2(1-15)8(17)18/h2,15H,1H2,(H,12,16)(H,17,18)(H4,10,11,14). The van der Waals surface area contributed by atoms with Crippen LogP contribution in [0.4, 0.5) is 11.6 Å². The number of nitrogens with zero attached hydrogens (tertiary/aromatic N) is 2. The van der Waals surface area contributed by atoms with Gasteiger partial charge in [0.1, 0.15) is 0 Å². The van der Waals surface area contributed by atoms with E-state index in [-0.39, 0.29) is 22.5 Å². The number of nitrogen functional groups attached to an aromatic ring is 2. The van der Waals surface area contributed by atoms with Gasteiger partial charge in [-0.2, -0.15) is 0 Å². The molecule has 0 saturated heterocycles. The van der Waals surface area contributed by atoms with Gasteiger partial charge < -0.3 is 27.0 Å². The Balaban J connectivity index is 2.97. The minimum atomic E-state index is -1.48. The minimum absolute atomic E-state index is 0.150. The molecule has 18 heavy (non-hydrogen) atoms. The van der Waals surface area contributed by atoms with E-state index in [1.807, 2.05) is 5.32 Å². The molecule has 0 spiro atoms. The molecule has 10 heteroatoms. The van der Waals surface area contributed by atoms with Crippen LogP contribution in [0, 0.1) is 0 Å². The van der Waals surface area contributed by atoms with Crippen LogP contribution in [0.5, 0.6) is 0 Å². The van der Waals surface area contributed by atoms with Gasteiger partial charge in [0.25, 0.3) is 5.91 Å². The molecule has 0 radical (unpaired) electrons. The van der Waals surface area contributed by atoms with Gasteiger partial charge in [-0.05, 0) is 0 Å². The zero-order valence-corrected chi connectivity index (χ0v) is 9.68. The molecule has 1 aromatic heterocycles. The summed E-state index contributed by atoms with van der Waals surface area (Å²) in [6.45, 7) is -0.781. The van der Waals surface area contributed by atoms with Crippen LogP contribution in [0.2, 0.25) is 5.15 Å². The second-order valence-corrected chi connectivity index (χ2v) is 3.54. The highest BCUT2D eigenvalue weighted by Gasteiger charge is 2.23. The molecule has 0 aliphatic carbocycles. The number of aliphatic hydroxyl groups is 1. The number of hydrogen-bond acceptors (Lipinski definition) is 7. The van der Waals surface area contributed by atoms with Gasteiger partial charge in [0.15, 0.2) is 28.5 Å². The first kappa shape index (κ1) is 13.9. The third-order valence-electron chi connectivity index (χ3n) is 1.91. The number of carbonyl (C=O) groups excluding carboxylic acids is 1. The Morgan fingerprint density at radius 3 is 2.44 bits per heavy atom. The van der Waals surface area contributed by atoms with Gasteiger partial charge in [-0.25, -0.2) is 14.8 Å². The normalized spacial score (nSPS) is 11.9. The summed E-state index contributed by atoms with van der Waals surface area (Å²) in [6, 6.07) is -1.48. The summed E-state index contributed by atoms with van der Waals surface area (Å²) in [5, 5.41) is 19.2. The first-order valence-electron chi connectivity index (χ1n) is 4.59. The summed E-state index contributed by atoms with van der Waals surface area (Å²) in [7, 11) is 0. The molecule has 0 saturated carbocycles. The number of halogens is 1. The Kier molecular flexibility index (Phi) is 4.23. The van der Waals surface area contributed by atoms with Crippen LogP contribution in [0.25, 0.3) is 0 Å². The van der Waals surface area contributed by atoms with E-state index < -0.39 is 24.5 Å². The maximum atomic E-state index is 11.6. The average molecular weight is 276 g/mol. The van der Waals surface area contributed by atoms with Gasteiger partial charge in [-0.3, -0.25) is 4.79 Å². The van der Waals surface area contributed by atoms with Gasteiger partial charge in [-0.1, -0.05) is 11.6 Å². The first-order valence-corrected chi connectivity index (χ1v) is 4.97. The zero-order valence-electron chi connectivity index (χ0n) is 8.92. The highest BCUT2D eigenvalue weighted by atomic mass is 35.5. The van der Waals surface area contributed by atoms with Crippen LogP contribution < -0.4 is 16.8 Å². The molecule has 0 bridgehead atoms. The van der Waals surface area contributed by atoms with Gasteiger partial charge >= 0.3 is 5.97 Å². The summed E-state index contributed by atoms with van der Waals surface area (Å²) in [5.41, 5.74) is 10.3. The second-order valence-electron chi connectivity index (χ2n) is 3.18. The number of anilines is 2. The summed E-state index contributed by atoms with van der Waals surface area (Å²) in [5.74, 6) is -2.78. The number of carboxylic acid groups (broad SMARTS) is 1. The maximum Gasteiger partial charge on any atom is 0.328 e. The van der Waals surface area contributed by atoms with Crippen molar-refractivity contribution in [1.82, 2.24) is 15.3 Å². The molecular formula is C8H10ClN5O4. The largest absolute Gasteiger partial charge is 0.480 e. The molecule has 0 fully saturated rings. The van der Waals surface area contributed by atoms with E-state index in [0.717, 1.165) is 0 Å². The average Bonchev–Trinajstić information content (AvgIpc) is 2.29. The number of aliphatic hydroxyl groups excluding tert-OH is 1. The summed E-state index contributed by atoms with van der Waals surface area (Å²) >= 11 is 5.56. The smallest absolute Gasteiger partial charge is 0.328 e. The monoisotopic (exact) mass is 275 g/mol. The van der Waals surface area contributed by atoms with Crippen molar-refractivity contribution in [2.24, 2.45) is 0 Å². The maximum absolute atomic E-state index is 11.6. The van der Waals surface area contributed by atoms with Crippen molar-refractivity contribution >= 4 is 35.1 Å². The lowest BCUT2D eigenvalue weighted by Gasteiger charge is -2.12. The molecule has 98 valence electrons. The van der Waals surface area contributed by atoms with Crippen LogP contribution in [0.15, 0.2) is 0 Å². The number of carbonyl (C=O) groups is 2. The van der Waals surface area contributed by atoms with Crippen molar-refractivity contribution in [2.45, 2.75) is 6.04 Å². The van der Waals surface area contributed by atoms with Crippen molar-refractivity contribution in [3.63, 3.8) is 0 Å². The van der Waals surface area contributed by atoms with E-state index >= 15 is 0 Å². The van der Waals surface area contributed by atoms with Gasteiger partial charge in [0, 0.05) is 0 Å². The fourth-order valence-corrected chi connectivity index (χ4v) is 1.15. The van der Waals surface area contributed by atoms with Gasteiger partial charge in [0.05, 0.1) is 6.61 Å². The van der Waals surface area contributed by atoms with Crippen molar-refractivity contribution in [1.29, 1.82) is 0 Å². The number of carboxylic acids is 1. The molecule has 0 aliphatic heterocycles. The van der Waals surface area contributed by atoms with E-state index in [4.69, 9.17) is 33.3 Å². The highest BCUT2D eigenvalue weighted by molar-refractivity contribution is 6.31. The molecule has 1 rings (SSSR count). The fraction of sp³-hybridized carbons (Fsp3) is 0.250. The lowest BCUT2D eigenvalue weighted by molar-refractivity contribution is -0.140. The van der Waals surface area contributed by atoms with Crippen molar-refractivity contribution in [3.8, 4) is 0 Å². The summed E-state index contributed by atoms with van der Waals surface area (Å²) < 4.78 is 0. The second kappa shape index (κ2) is 5.47. The predicted molar refractivity (Wildman–Crippen MR) is 61.8 cm³/mol. The topological polar surface area (TPSA) is 164 Å². The Morgan fingerprint density at radius 2 is 1.94 bits per heavy atom. The Hall–Kier alpha value is -2.13. The molecule has 7 N–H and O–H groups in total. The molecule has 0 aromatic carbocycles. The van der Waals surface area contributed by atoms with Crippen LogP contribution >= 0.6 is 11.6 Å². The Labute approximate surface area is 106 Å². The lowest BCUT2D eigenvalue weighted by atomic mass is 10.3. The fourth-order valence-electron chi connectivity index (χ4n) is 1.02. The van der Waals surface area contributed by atoms with Crippen LogP contribution in [-0.2, 0) is 4.79 Å². The summed E-state index contributed by atoms with van der Waals surface area (Å²) in [6.07, 6.45) is 0. The van der Waals surface area contributed by atoms with Crippen LogP contribution in [-0.4, -0.2) is 44.7 Å². The van der Waals surface area contributed by atoms with Crippen molar-refractivity contribution < 1.29 is 19.8 Å². The number of rotatable bonds is 4. The van der Waals surface area contributed by atoms with Crippen molar-refractivity contribution in [2.75, 3.05) is 18.1 Å². The van der Waals surface area contributed by atoms with Crippen LogP contribution in [0.1, 0.15) is 10.5 Å². The van der Waals surface area contributed by atoms with E-state index in [1.54, 1.807) is 0 Å². The summed E-state index contributed by atoms with van der Waals surface area (Å²) in [4.78, 5) is 29.4. The highest BCUT2D eigenvalue weighted by Crippen LogP contribution is 2.17. The Morgan fingerprint density at radius 1 is 1.33 bits per heavy atom.